The van der Waals surface area contributed by atoms with Crippen LogP contribution in [-0.4, -0.2) is 0 Å². The molecule has 80 valence electrons. The molecular formula is C13H11NO2. The summed E-state index contributed by atoms with van der Waals surface area (Å²) in [6, 6.07) is 8.94. The molecule has 0 aliphatic rings. The molecule has 0 saturated heterocycles. The summed E-state index contributed by atoms with van der Waals surface area (Å²) < 4.78 is 5.58. The van der Waals surface area contributed by atoms with Gasteiger partial charge in [0.2, 0.25) is 5.43 Å². The van der Waals surface area contributed by atoms with Crippen molar-refractivity contribution in [3.8, 4) is 6.07 Å². The third-order valence-electron chi connectivity index (χ3n) is 2.46. The molecule has 0 amide bonds. The molecule has 0 unspecified atom stereocenters. The number of aryl methyl sites for hydroxylation is 1. The number of rotatable bonds is 2. The maximum absolute atomic E-state index is 12.0. The van der Waals surface area contributed by atoms with E-state index >= 15 is 0 Å². The monoisotopic (exact) mass is 213 g/mol. The van der Waals surface area contributed by atoms with E-state index in [2.05, 4.69) is 0 Å². The maximum Gasteiger partial charge on any atom is 0.210 e. The summed E-state index contributed by atoms with van der Waals surface area (Å²) in [7, 11) is 0. The summed E-state index contributed by atoms with van der Waals surface area (Å²) in [5.74, 6) is 0.494. The highest BCUT2D eigenvalue weighted by Crippen LogP contribution is 2.16. The van der Waals surface area contributed by atoms with Gasteiger partial charge in [0.1, 0.15) is 23.0 Å². The van der Waals surface area contributed by atoms with E-state index in [0.29, 0.717) is 23.2 Å². The number of para-hydroxylation sites is 1. The topological polar surface area (TPSA) is 54.0 Å². The zero-order chi connectivity index (χ0) is 11.5. The number of nitriles is 1. The van der Waals surface area contributed by atoms with Gasteiger partial charge < -0.3 is 4.42 Å². The fourth-order valence-electron chi connectivity index (χ4n) is 1.70. The Morgan fingerprint density at radius 2 is 2.12 bits per heavy atom. The Balaban J connectivity index is 2.83. The quantitative estimate of drug-likeness (QED) is 0.770. The zero-order valence-electron chi connectivity index (χ0n) is 8.99. The average Bonchev–Trinajstić information content (AvgIpc) is 2.30. The molecule has 0 atom stereocenters. The lowest BCUT2D eigenvalue weighted by Crippen LogP contribution is -2.09. The smallest absolute Gasteiger partial charge is 0.210 e. The van der Waals surface area contributed by atoms with Crippen LogP contribution in [0.1, 0.15) is 24.7 Å². The van der Waals surface area contributed by atoms with Crippen molar-refractivity contribution >= 4 is 11.0 Å². The lowest BCUT2D eigenvalue weighted by Gasteiger charge is -2.03. The fourth-order valence-corrected chi connectivity index (χ4v) is 1.70. The Morgan fingerprint density at radius 3 is 2.81 bits per heavy atom. The Hall–Kier alpha value is -2.08. The van der Waals surface area contributed by atoms with Crippen LogP contribution in [0.4, 0.5) is 0 Å². The van der Waals surface area contributed by atoms with E-state index in [4.69, 9.17) is 9.68 Å². The zero-order valence-corrected chi connectivity index (χ0v) is 8.99. The standard InChI is InChI=1S/C13H11NO2/c1-2-5-11-10(8-14)13(15)9-6-3-4-7-12(9)16-11/h3-4,6-7H,2,5H2,1H3. The van der Waals surface area contributed by atoms with Crippen molar-refractivity contribution in [3.63, 3.8) is 0 Å². The van der Waals surface area contributed by atoms with Crippen LogP contribution in [0.15, 0.2) is 33.5 Å². The summed E-state index contributed by atoms with van der Waals surface area (Å²) in [5, 5.41) is 9.45. The Labute approximate surface area is 92.9 Å². The molecule has 0 bridgehead atoms. The summed E-state index contributed by atoms with van der Waals surface area (Å²) in [6.45, 7) is 1.98. The van der Waals surface area contributed by atoms with Crippen molar-refractivity contribution in [1.82, 2.24) is 0 Å². The molecule has 3 nitrogen and oxygen atoms in total. The van der Waals surface area contributed by atoms with Crippen LogP contribution in [0.3, 0.4) is 0 Å². The third kappa shape index (κ3) is 1.59. The number of hydrogen-bond acceptors (Lipinski definition) is 3. The van der Waals surface area contributed by atoms with Crippen molar-refractivity contribution in [1.29, 1.82) is 5.26 Å². The second-order valence-corrected chi connectivity index (χ2v) is 3.59. The molecule has 0 radical (unpaired) electrons. The fraction of sp³-hybridized carbons (Fsp3) is 0.231. The van der Waals surface area contributed by atoms with Crippen LogP contribution in [0.5, 0.6) is 0 Å². The number of fused-ring (bicyclic) bond motifs is 1. The van der Waals surface area contributed by atoms with Crippen LogP contribution < -0.4 is 5.43 Å². The largest absolute Gasteiger partial charge is 0.459 e. The van der Waals surface area contributed by atoms with Gasteiger partial charge in [-0.15, -0.1) is 0 Å². The maximum atomic E-state index is 12.0. The van der Waals surface area contributed by atoms with Gasteiger partial charge in [0.25, 0.3) is 0 Å². The van der Waals surface area contributed by atoms with Gasteiger partial charge in [-0.2, -0.15) is 5.26 Å². The predicted molar refractivity (Wildman–Crippen MR) is 61.2 cm³/mol. The summed E-state index contributed by atoms with van der Waals surface area (Å²) in [4.78, 5) is 12.0. The van der Waals surface area contributed by atoms with E-state index < -0.39 is 0 Å². The van der Waals surface area contributed by atoms with Crippen LogP contribution in [-0.2, 0) is 6.42 Å². The first-order valence-corrected chi connectivity index (χ1v) is 5.22. The van der Waals surface area contributed by atoms with E-state index in [1.54, 1.807) is 18.2 Å². The Morgan fingerprint density at radius 1 is 1.38 bits per heavy atom. The molecule has 0 fully saturated rings. The Kier molecular flexibility index (Phi) is 2.74. The minimum Gasteiger partial charge on any atom is -0.459 e. The first-order valence-electron chi connectivity index (χ1n) is 5.22. The van der Waals surface area contributed by atoms with Gasteiger partial charge in [-0.25, -0.2) is 0 Å². The second-order valence-electron chi connectivity index (χ2n) is 3.59. The molecule has 0 aliphatic heterocycles. The highest BCUT2D eigenvalue weighted by Gasteiger charge is 2.12. The molecule has 2 aromatic rings. The minimum atomic E-state index is -0.229. The van der Waals surface area contributed by atoms with Crippen LogP contribution in [0, 0.1) is 11.3 Å². The first-order chi connectivity index (χ1) is 7.77. The van der Waals surface area contributed by atoms with E-state index in [1.807, 2.05) is 19.1 Å². The summed E-state index contributed by atoms with van der Waals surface area (Å²) >= 11 is 0. The molecule has 3 heteroatoms. The molecular weight excluding hydrogens is 202 g/mol. The highest BCUT2D eigenvalue weighted by molar-refractivity contribution is 5.77. The molecule has 0 aliphatic carbocycles. The van der Waals surface area contributed by atoms with Gasteiger partial charge in [-0.1, -0.05) is 19.1 Å². The van der Waals surface area contributed by atoms with Gasteiger partial charge in [0.15, 0.2) is 0 Å². The number of hydrogen-bond donors (Lipinski definition) is 0. The SMILES string of the molecule is CCCc1oc2ccccc2c(=O)c1C#N. The van der Waals surface area contributed by atoms with E-state index in [0.717, 1.165) is 6.42 Å². The molecule has 1 heterocycles. The number of benzene rings is 1. The van der Waals surface area contributed by atoms with Crippen molar-refractivity contribution in [2.24, 2.45) is 0 Å². The average molecular weight is 213 g/mol. The number of nitrogens with zero attached hydrogens (tertiary/aromatic N) is 1. The molecule has 1 aromatic carbocycles. The predicted octanol–water partition coefficient (Wildman–Crippen LogP) is 2.62. The van der Waals surface area contributed by atoms with Crippen molar-refractivity contribution in [2.75, 3.05) is 0 Å². The molecule has 16 heavy (non-hydrogen) atoms. The lowest BCUT2D eigenvalue weighted by molar-refractivity contribution is 0.529. The third-order valence-corrected chi connectivity index (χ3v) is 2.46. The van der Waals surface area contributed by atoms with Gasteiger partial charge in [-0.05, 0) is 18.6 Å². The van der Waals surface area contributed by atoms with Gasteiger partial charge >= 0.3 is 0 Å². The van der Waals surface area contributed by atoms with Crippen molar-refractivity contribution in [2.45, 2.75) is 19.8 Å². The lowest BCUT2D eigenvalue weighted by atomic mass is 10.1. The summed E-state index contributed by atoms with van der Waals surface area (Å²) in [5.41, 5.74) is 0.461. The van der Waals surface area contributed by atoms with Crippen molar-refractivity contribution < 1.29 is 4.42 Å². The van der Waals surface area contributed by atoms with Gasteiger partial charge in [0, 0.05) is 6.42 Å². The molecule has 0 spiro atoms. The van der Waals surface area contributed by atoms with Crippen molar-refractivity contribution in [3.05, 3.63) is 45.8 Å². The highest BCUT2D eigenvalue weighted by atomic mass is 16.3. The van der Waals surface area contributed by atoms with Crippen LogP contribution in [0.25, 0.3) is 11.0 Å². The van der Waals surface area contributed by atoms with E-state index in [-0.39, 0.29) is 11.0 Å². The van der Waals surface area contributed by atoms with Crippen LogP contribution in [0.2, 0.25) is 0 Å². The second kappa shape index (κ2) is 4.19. The van der Waals surface area contributed by atoms with E-state index in [9.17, 15) is 4.79 Å². The molecule has 0 saturated carbocycles. The summed E-state index contributed by atoms with van der Waals surface area (Å²) in [6.07, 6.45) is 1.46. The molecule has 1 aromatic heterocycles. The molecule has 0 N–H and O–H groups in total. The Bertz CT molecular complexity index is 620. The van der Waals surface area contributed by atoms with E-state index in [1.165, 1.54) is 0 Å². The van der Waals surface area contributed by atoms with Gasteiger partial charge in [0.05, 0.1) is 5.39 Å². The minimum absolute atomic E-state index is 0.139. The van der Waals surface area contributed by atoms with Gasteiger partial charge in [-0.3, -0.25) is 4.79 Å². The van der Waals surface area contributed by atoms with Crippen LogP contribution >= 0.6 is 0 Å². The first kappa shape index (κ1) is 10.4. The normalized spacial score (nSPS) is 10.2. The molecule has 2 rings (SSSR count).